The van der Waals surface area contributed by atoms with Gasteiger partial charge in [0.15, 0.2) is 5.96 Å². The maximum absolute atomic E-state index is 5.45. The second-order valence-electron chi connectivity index (χ2n) is 7.79. The Balaban J connectivity index is 1.70. The van der Waals surface area contributed by atoms with Gasteiger partial charge < -0.3 is 19.9 Å². The van der Waals surface area contributed by atoms with Crippen molar-refractivity contribution >= 4 is 5.96 Å². The number of likely N-dealkylation sites (tertiary alicyclic amines) is 1. The molecule has 1 N–H and O–H groups in total. The predicted octanol–water partition coefficient (Wildman–Crippen LogP) is 2.43. The molecule has 0 aromatic heterocycles. The summed E-state index contributed by atoms with van der Waals surface area (Å²) in [6.07, 6.45) is 6.33. The van der Waals surface area contributed by atoms with Crippen molar-refractivity contribution in [2.24, 2.45) is 16.8 Å². The van der Waals surface area contributed by atoms with Crippen molar-refractivity contribution in [2.45, 2.75) is 52.0 Å². The van der Waals surface area contributed by atoms with E-state index in [4.69, 9.17) is 4.74 Å². The Morgan fingerprint density at radius 2 is 2.00 bits per heavy atom. The lowest BCUT2D eigenvalue weighted by Gasteiger charge is -2.36. The average molecular weight is 339 g/mol. The van der Waals surface area contributed by atoms with Gasteiger partial charge >= 0.3 is 0 Å². The van der Waals surface area contributed by atoms with Crippen molar-refractivity contribution < 1.29 is 4.74 Å². The Morgan fingerprint density at radius 3 is 2.67 bits per heavy atom. The minimum absolute atomic E-state index is 0.661. The first-order valence-corrected chi connectivity index (χ1v) is 9.83. The summed E-state index contributed by atoms with van der Waals surface area (Å²) >= 11 is 0. The monoisotopic (exact) mass is 338 g/mol. The van der Waals surface area contributed by atoms with Crippen LogP contribution in [0.2, 0.25) is 0 Å². The van der Waals surface area contributed by atoms with E-state index in [1.165, 1.54) is 45.2 Å². The molecule has 0 bridgehead atoms. The number of piperidine rings is 1. The van der Waals surface area contributed by atoms with Gasteiger partial charge in [-0.3, -0.25) is 4.99 Å². The molecule has 2 aliphatic rings. The fourth-order valence-corrected chi connectivity index (χ4v) is 3.87. The highest BCUT2D eigenvalue weighted by Gasteiger charge is 2.22. The van der Waals surface area contributed by atoms with Gasteiger partial charge in [-0.2, -0.15) is 0 Å². The zero-order valence-corrected chi connectivity index (χ0v) is 16.3. The highest BCUT2D eigenvalue weighted by atomic mass is 16.5. The van der Waals surface area contributed by atoms with Crippen LogP contribution in [-0.4, -0.2) is 75.3 Å². The molecule has 1 atom stereocenters. The number of aliphatic imine (C=N–C) groups is 1. The zero-order chi connectivity index (χ0) is 17.4. The summed E-state index contributed by atoms with van der Waals surface area (Å²) in [5.74, 6) is 2.60. The number of guanidine groups is 1. The SMILES string of the molecule is CN=C(NCC1CCCN(C(C)C)C1)N(C)CCC1CCOCC1. The normalized spacial score (nSPS) is 24.4. The third kappa shape index (κ3) is 6.25. The largest absolute Gasteiger partial charge is 0.381 e. The van der Waals surface area contributed by atoms with E-state index in [1.807, 2.05) is 7.05 Å². The molecule has 0 saturated carbocycles. The van der Waals surface area contributed by atoms with E-state index in [0.717, 1.165) is 44.1 Å². The number of hydrogen-bond acceptors (Lipinski definition) is 3. The summed E-state index contributed by atoms with van der Waals surface area (Å²) in [5, 5.41) is 3.61. The van der Waals surface area contributed by atoms with E-state index >= 15 is 0 Å². The number of ether oxygens (including phenoxy) is 1. The molecule has 1 unspecified atom stereocenters. The third-order valence-electron chi connectivity index (χ3n) is 5.62. The molecule has 0 radical (unpaired) electrons. The maximum atomic E-state index is 5.45. The molecule has 5 heteroatoms. The van der Waals surface area contributed by atoms with Gasteiger partial charge in [0.2, 0.25) is 0 Å². The van der Waals surface area contributed by atoms with E-state index in [2.05, 4.69) is 41.0 Å². The molecule has 0 aromatic rings. The molecule has 2 heterocycles. The fourth-order valence-electron chi connectivity index (χ4n) is 3.87. The lowest BCUT2D eigenvalue weighted by Crippen LogP contribution is -2.46. The van der Waals surface area contributed by atoms with Crippen LogP contribution in [0.3, 0.4) is 0 Å². The van der Waals surface area contributed by atoms with E-state index in [1.54, 1.807) is 0 Å². The van der Waals surface area contributed by atoms with E-state index in [-0.39, 0.29) is 0 Å². The topological polar surface area (TPSA) is 40.1 Å². The predicted molar refractivity (Wildman–Crippen MR) is 102 cm³/mol. The van der Waals surface area contributed by atoms with Gasteiger partial charge in [-0.1, -0.05) is 0 Å². The Morgan fingerprint density at radius 1 is 1.25 bits per heavy atom. The minimum Gasteiger partial charge on any atom is -0.381 e. The van der Waals surface area contributed by atoms with Crippen LogP contribution in [0.15, 0.2) is 4.99 Å². The molecule has 2 aliphatic heterocycles. The number of rotatable bonds is 6. The summed E-state index contributed by atoms with van der Waals surface area (Å²) in [7, 11) is 4.06. The average Bonchev–Trinajstić information content (AvgIpc) is 2.61. The number of nitrogens with one attached hydrogen (secondary N) is 1. The van der Waals surface area contributed by atoms with Crippen LogP contribution in [0.5, 0.6) is 0 Å². The quantitative estimate of drug-likeness (QED) is 0.596. The van der Waals surface area contributed by atoms with Crippen LogP contribution >= 0.6 is 0 Å². The van der Waals surface area contributed by atoms with E-state index in [0.29, 0.717) is 6.04 Å². The van der Waals surface area contributed by atoms with Crippen molar-refractivity contribution in [1.29, 1.82) is 0 Å². The summed E-state index contributed by atoms with van der Waals surface area (Å²) in [4.78, 5) is 9.38. The van der Waals surface area contributed by atoms with Gasteiger partial charge in [0.05, 0.1) is 0 Å². The van der Waals surface area contributed by atoms with Gasteiger partial charge in [0, 0.05) is 53.0 Å². The first kappa shape index (κ1) is 19.5. The van der Waals surface area contributed by atoms with Crippen LogP contribution in [0, 0.1) is 11.8 Å². The standard InChI is InChI=1S/C19H38N4O/c1-16(2)23-10-5-6-18(15-23)14-21-19(20-3)22(4)11-7-17-8-12-24-13-9-17/h16-18H,5-15H2,1-4H3,(H,20,21). The van der Waals surface area contributed by atoms with Gasteiger partial charge in [0.25, 0.3) is 0 Å². The van der Waals surface area contributed by atoms with Crippen molar-refractivity contribution in [3.05, 3.63) is 0 Å². The van der Waals surface area contributed by atoms with Gasteiger partial charge in [-0.25, -0.2) is 0 Å². The van der Waals surface area contributed by atoms with Crippen LogP contribution in [0.4, 0.5) is 0 Å². The molecule has 0 amide bonds. The zero-order valence-electron chi connectivity index (χ0n) is 16.3. The van der Waals surface area contributed by atoms with Crippen LogP contribution in [0.25, 0.3) is 0 Å². The van der Waals surface area contributed by atoms with Gasteiger partial charge in [-0.05, 0) is 64.3 Å². The maximum Gasteiger partial charge on any atom is 0.193 e. The first-order valence-electron chi connectivity index (χ1n) is 9.83. The minimum atomic E-state index is 0.661. The van der Waals surface area contributed by atoms with Crippen molar-refractivity contribution in [2.75, 3.05) is 53.5 Å². The summed E-state index contributed by atoms with van der Waals surface area (Å²) in [5.41, 5.74) is 0. The number of nitrogens with zero attached hydrogens (tertiary/aromatic N) is 3. The Kier molecular flexibility index (Phi) is 8.33. The van der Waals surface area contributed by atoms with Crippen LogP contribution in [-0.2, 0) is 4.74 Å². The summed E-state index contributed by atoms with van der Waals surface area (Å²) < 4.78 is 5.45. The molecule has 2 saturated heterocycles. The molecule has 2 rings (SSSR count). The summed E-state index contributed by atoms with van der Waals surface area (Å²) in [6, 6.07) is 0.661. The molecular formula is C19H38N4O. The highest BCUT2D eigenvalue weighted by Crippen LogP contribution is 2.19. The van der Waals surface area contributed by atoms with Crippen molar-refractivity contribution in [3.8, 4) is 0 Å². The molecule has 0 aromatic carbocycles. The van der Waals surface area contributed by atoms with Gasteiger partial charge in [-0.15, -0.1) is 0 Å². The smallest absolute Gasteiger partial charge is 0.193 e. The highest BCUT2D eigenvalue weighted by molar-refractivity contribution is 5.79. The molecule has 0 aliphatic carbocycles. The molecular weight excluding hydrogens is 300 g/mol. The van der Waals surface area contributed by atoms with Gasteiger partial charge in [0.1, 0.15) is 0 Å². The first-order chi connectivity index (χ1) is 11.6. The molecule has 140 valence electrons. The molecule has 2 fully saturated rings. The lowest BCUT2D eigenvalue weighted by molar-refractivity contribution is 0.0625. The molecule has 0 spiro atoms. The molecule has 5 nitrogen and oxygen atoms in total. The van der Waals surface area contributed by atoms with Crippen LogP contribution < -0.4 is 5.32 Å². The van der Waals surface area contributed by atoms with Crippen molar-refractivity contribution in [3.63, 3.8) is 0 Å². The fraction of sp³-hybridized carbons (Fsp3) is 0.947. The summed E-state index contributed by atoms with van der Waals surface area (Å²) in [6.45, 7) is 11.1. The molecule has 24 heavy (non-hydrogen) atoms. The third-order valence-corrected chi connectivity index (χ3v) is 5.62. The number of hydrogen-bond donors (Lipinski definition) is 1. The lowest BCUT2D eigenvalue weighted by atomic mass is 9.96. The second-order valence-corrected chi connectivity index (χ2v) is 7.79. The second kappa shape index (κ2) is 10.2. The van der Waals surface area contributed by atoms with E-state index < -0.39 is 0 Å². The Bertz CT molecular complexity index is 380. The van der Waals surface area contributed by atoms with Crippen LogP contribution in [0.1, 0.15) is 46.0 Å². The van der Waals surface area contributed by atoms with E-state index in [9.17, 15) is 0 Å². The Hall–Kier alpha value is -0.810. The Labute approximate surface area is 148 Å². The van der Waals surface area contributed by atoms with Crippen molar-refractivity contribution in [1.82, 2.24) is 15.1 Å².